The highest BCUT2D eigenvalue weighted by molar-refractivity contribution is 5.81. The van der Waals surface area contributed by atoms with E-state index in [4.69, 9.17) is 0 Å². The summed E-state index contributed by atoms with van der Waals surface area (Å²) in [6, 6.07) is 0. The van der Waals surface area contributed by atoms with Crippen LogP contribution in [-0.2, 0) is 9.59 Å². The highest BCUT2D eigenvalue weighted by Gasteiger charge is 2.35. The van der Waals surface area contributed by atoms with Gasteiger partial charge in [0.25, 0.3) is 0 Å². The molecule has 2 amide bonds. The zero-order valence-corrected chi connectivity index (χ0v) is 11.9. The number of carbonyl (C=O) groups excluding carboxylic acids is 2. The molecular formula is C14H25N3O2. The molecule has 0 saturated carbocycles. The average Bonchev–Trinajstić information content (AvgIpc) is 2.84. The van der Waals surface area contributed by atoms with Crippen LogP contribution in [0.25, 0.3) is 0 Å². The van der Waals surface area contributed by atoms with Crippen molar-refractivity contribution < 1.29 is 9.59 Å². The molecule has 5 nitrogen and oxygen atoms in total. The van der Waals surface area contributed by atoms with Crippen molar-refractivity contribution in [2.75, 3.05) is 32.7 Å². The molecular weight excluding hydrogens is 242 g/mol. The van der Waals surface area contributed by atoms with Crippen molar-refractivity contribution >= 4 is 11.8 Å². The lowest BCUT2D eigenvalue weighted by atomic mass is 9.92. The highest BCUT2D eigenvalue weighted by atomic mass is 16.2. The van der Waals surface area contributed by atoms with Gasteiger partial charge in [-0.3, -0.25) is 9.59 Å². The number of amides is 2. The Labute approximate surface area is 115 Å². The summed E-state index contributed by atoms with van der Waals surface area (Å²) in [7, 11) is 0. The van der Waals surface area contributed by atoms with E-state index < -0.39 is 0 Å². The molecule has 0 aromatic heterocycles. The van der Waals surface area contributed by atoms with E-state index in [1.54, 1.807) is 0 Å². The fourth-order valence-corrected chi connectivity index (χ4v) is 3.06. The van der Waals surface area contributed by atoms with Crippen LogP contribution < -0.4 is 10.6 Å². The Morgan fingerprint density at radius 3 is 2.47 bits per heavy atom. The van der Waals surface area contributed by atoms with Crippen molar-refractivity contribution in [3.05, 3.63) is 0 Å². The summed E-state index contributed by atoms with van der Waals surface area (Å²) in [5.41, 5.74) is 0. The van der Waals surface area contributed by atoms with Crippen LogP contribution in [0.15, 0.2) is 0 Å². The number of hydrogen-bond donors (Lipinski definition) is 2. The first kappa shape index (κ1) is 14.3. The minimum atomic E-state index is 0.0862. The maximum absolute atomic E-state index is 12.4. The Bertz CT molecular complexity index is 338. The molecule has 2 atom stereocenters. The molecule has 108 valence electrons. The van der Waals surface area contributed by atoms with Gasteiger partial charge in [0, 0.05) is 32.1 Å². The van der Waals surface area contributed by atoms with Gasteiger partial charge in [-0.2, -0.15) is 0 Å². The van der Waals surface area contributed by atoms with Crippen molar-refractivity contribution in [1.82, 2.24) is 15.5 Å². The van der Waals surface area contributed by atoms with Crippen LogP contribution in [0.5, 0.6) is 0 Å². The zero-order valence-electron chi connectivity index (χ0n) is 11.9. The summed E-state index contributed by atoms with van der Waals surface area (Å²) in [6.07, 6.45) is 1.60. The molecule has 0 spiro atoms. The molecule has 0 bridgehead atoms. The van der Waals surface area contributed by atoms with Gasteiger partial charge < -0.3 is 15.5 Å². The number of piperidine rings is 1. The summed E-state index contributed by atoms with van der Waals surface area (Å²) >= 11 is 0. The average molecular weight is 267 g/mol. The van der Waals surface area contributed by atoms with Gasteiger partial charge in [0.15, 0.2) is 0 Å². The van der Waals surface area contributed by atoms with Gasteiger partial charge in [-0.25, -0.2) is 0 Å². The highest BCUT2D eigenvalue weighted by Crippen LogP contribution is 2.23. The first-order valence-corrected chi connectivity index (χ1v) is 7.40. The molecule has 0 aromatic carbocycles. The SMILES string of the molecule is CCNC(=O)C1CCN(C(=O)[C@@H]2CNC[C@H]2C)CC1. The fraction of sp³-hybridized carbons (Fsp3) is 0.857. The molecule has 19 heavy (non-hydrogen) atoms. The maximum Gasteiger partial charge on any atom is 0.227 e. The minimum absolute atomic E-state index is 0.0862. The van der Waals surface area contributed by atoms with E-state index in [1.165, 1.54) is 0 Å². The van der Waals surface area contributed by atoms with Crippen LogP contribution in [0.4, 0.5) is 0 Å². The number of nitrogens with zero attached hydrogens (tertiary/aromatic N) is 1. The van der Waals surface area contributed by atoms with Gasteiger partial charge in [0.2, 0.25) is 11.8 Å². The Morgan fingerprint density at radius 1 is 1.26 bits per heavy atom. The molecule has 2 saturated heterocycles. The molecule has 2 aliphatic rings. The topological polar surface area (TPSA) is 61.4 Å². The third kappa shape index (κ3) is 3.26. The molecule has 2 fully saturated rings. The second kappa shape index (κ2) is 6.37. The Hall–Kier alpha value is -1.10. The minimum Gasteiger partial charge on any atom is -0.356 e. The summed E-state index contributed by atoms with van der Waals surface area (Å²) in [6.45, 7) is 7.94. The van der Waals surface area contributed by atoms with Gasteiger partial charge in [-0.15, -0.1) is 0 Å². The van der Waals surface area contributed by atoms with Crippen LogP contribution in [0, 0.1) is 17.8 Å². The molecule has 2 rings (SSSR count). The normalized spacial score (nSPS) is 28.4. The lowest BCUT2D eigenvalue weighted by Gasteiger charge is -2.33. The van der Waals surface area contributed by atoms with Crippen LogP contribution in [0.1, 0.15) is 26.7 Å². The van der Waals surface area contributed by atoms with E-state index in [1.807, 2.05) is 11.8 Å². The van der Waals surface area contributed by atoms with Crippen molar-refractivity contribution in [3.8, 4) is 0 Å². The smallest absolute Gasteiger partial charge is 0.227 e. The van der Waals surface area contributed by atoms with E-state index in [0.717, 1.165) is 39.0 Å². The third-order valence-electron chi connectivity index (χ3n) is 4.36. The van der Waals surface area contributed by atoms with Gasteiger partial charge >= 0.3 is 0 Å². The summed E-state index contributed by atoms with van der Waals surface area (Å²) in [4.78, 5) is 26.1. The maximum atomic E-state index is 12.4. The molecule has 0 unspecified atom stereocenters. The monoisotopic (exact) mass is 267 g/mol. The molecule has 2 aliphatic heterocycles. The number of carbonyl (C=O) groups is 2. The van der Waals surface area contributed by atoms with E-state index in [-0.39, 0.29) is 23.7 Å². The fourth-order valence-electron chi connectivity index (χ4n) is 3.06. The van der Waals surface area contributed by atoms with E-state index in [2.05, 4.69) is 17.6 Å². The first-order chi connectivity index (χ1) is 9.13. The van der Waals surface area contributed by atoms with Crippen LogP contribution in [-0.4, -0.2) is 49.4 Å². The van der Waals surface area contributed by atoms with Gasteiger partial charge in [0.1, 0.15) is 0 Å². The Balaban J connectivity index is 1.82. The second-order valence-corrected chi connectivity index (χ2v) is 5.74. The molecule has 2 heterocycles. The van der Waals surface area contributed by atoms with Crippen molar-refractivity contribution in [1.29, 1.82) is 0 Å². The first-order valence-electron chi connectivity index (χ1n) is 7.40. The van der Waals surface area contributed by atoms with E-state index >= 15 is 0 Å². The zero-order chi connectivity index (χ0) is 13.8. The Kier molecular flexibility index (Phi) is 4.80. The predicted octanol–water partition coefficient (Wildman–Crippen LogP) is 0.217. The predicted molar refractivity (Wildman–Crippen MR) is 73.5 cm³/mol. The number of nitrogens with one attached hydrogen (secondary N) is 2. The van der Waals surface area contributed by atoms with E-state index in [0.29, 0.717) is 12.5 Å². The van der Waals surface area contributed by atoms with Crippen LogP contribution >= 0.6 is 0 Å². The third-order valence-corrected chi connectivity index (χ3v) is 4.36. The van der Waals surface area contributed by atoms with Crippen LogP contribution in [0.2, 0.25) is 0 Å². The lowest BCUT2D eigenvalue weighted by Crippen LogP contribution is -2.46. The molecule has 0 radical (unpaired) electrons. The van der Waals surface area contributed by atoms with Crippen molar-refractivity contribution in [3.63, 3.8) is 0 Å². The van der Waals surface area contributed by atoms with Gasteiger partial charge in [0.05, 0.1) is 5.92 Å². The molecule has 5 heteroatoms. The quantitative estimate of drug-likeness (QED) is 0.769. The lowest BCUT2D eigenvalue weighted by molar-refractivity contribution is -0.139. The largest absolute Gasteiger partial charge is 0.356 e. The van der Waals surface area contributed by atoms with E-state index in [9.17, 15) is 9.59 Å². The van der Waals surface area contributed by atoms with Gasteiger partial charge in [-0.05, 0) is 32.2 Å². The number of hydrogen-bond acceptors (Lipinski definition) is 3. The Morgan fingerprint density at radius 2 is 1.95 bits per heavy atom. The molecule has 2 N–H and O–H groups in total. The summed E-state index contributed by atoms with van der Waals surface area (Å²) < 4.78 is 0. The standard InChI is InChI=1S/C14H25N3O2/c1-3-16-13(18)11-4-6-17(7-5-11)14(19)12-9-15-8-10(12)2/h10-12,15H,3-9H2,1-2H3,(H,16,18)/t10-,12-/m1/s1. The second-order valence-electron chi connectivity index (χ2n) is 5.74. The van der Waals surface area contributed by atoms with Gasteiger partial charge in [-0.1, -0.05) is 6.92 Å². The molecule has 0 aromatic rings. The van der Waals surface area contributed by atoms with Crippen molar-refractivity contribution in [2.24, 2.45) is 17.8 Å². The summed E-state index contributed by atoms with van der Waals surface area (Å²) in [5.74, 6) is 1.05. The number of rotatable bonds is 3. The molecule has 0 aliphatic carbocycles. The van der Waals surface area contributed by atoms with Crippen LogP contribution in [0.3, 0.4) is 0 Å². The summed E-state index contributed by atoms with van der Waals surface area (Å²) in [5, 5.41) is 6.14. The van der Waals surface area contributed by atoms with Crippen molar-refractivity contribution in [2.45, 2.75) is 26.7 Å². The number of likely N-dealkylation sites (tertiary alicyclic amines) is 1.